The lowest BCUT2D eigenvalue weighted by Crippen LogP contribution is -2.07. The molecular formula is C11H16N2O. The molecule has 0 amide bonds. The van der Waals surface area contributed by atoms with Gasteiger partial charge in [-0.3, -0.25) is 0 Å². The quantitative estimate of drug-likeness (QED) is 0.616. The van der Waals surface area contributed by atoms with Crippen molar-refractivity contribution in [2.75, 3.05) is 17.6 Å². The van der Waals surface area contributed by atoms with Crippen molar-refractivity contribution in [2.45, 2.75) is 25.9 Å². The summed E-state index contributed by atoms with van der Waals surface area (Å²) in [5.74, 6) is 0. The van der Waals surface area contributed by atoms with E-state index in [0.29, 0.717) is 6.42 Å². The molecule has 1 unspecified atom stereocenters. The van der Waals surface area contributed by atoms with Gasteiger partial charge in [0.25, 0.3) is 0 Å². The number of hydrogen-bond acceptors (Lipinski definition) is 3. The second-order valence-corrected chi connectivity index (χ2v) is 3.94. The van der Waals surface area contributed by atoms with Gasteiger partial charge in [-0.05, 0) is 36.6 Å². The second kappa shape index (κ2) is 3.50. The maximum absolute atomic E-state index is 9.30. The van der Waals surface area contributed by atoms with Crippen molar-refractivity contribution in [3.63, 3.8) is 0 Å². The summed E-state index contributed by atoms with van der Waals surface area (Å²) in [6, 6.07) is 4.08. The molecule has 0 aromatic heterocycles. The number of anilines is 2. The molecule has 3 nitrogen and oxygen atoms in total. The predicted octanol–water partition coefficient (Wildman–Crippen LogP) is 1.16. The lowest BCUT2D eigenvalue weighted by Gasteiger charge is -2.10. The van der Waals surface area contributed by atoms with Crippen LogP contribution < -0.4 is 11.1 Å². The van der Waals surface area contributed by atoms with Crippen LogP contribution in [0.5, 0.6) is 0 Å². The first-order valence-electron chi connectivity index (χ1n) is 5.00. The molecule has 4 N–H and O–H groups in total. The van der Waals surface area contributed by atoms with Crippen molar-refractivity contribution < 1.29 is 5.11 Å². The van der Waals surface area contributed by atoms with Crippen LogP contribution in [0.2, 0.25) is 0 Å². The number of nitrogens with one attached hydrogen (secondary N) is 1. The lowest BCUT2D eigenvalue weighted by molar-refractivity contribution is 0.195. The van der Waals surface area contributed by atoms with Gasteiger partial charge in [-0.2, -0.15) is 0 Å². The van der Waals surface area contributed by atoms with Crippen LogP contribution in [0, 0.1) is 0 Å². The third-order valence-corrected chi connectivity index (χ3v) is 2.59. The molecule has 0 saturated heterocycles. The van der Waals surface area contributed by atoms with Gasteiger partial charge >= 0.3 is 0 Å². The van der Waals surface area contributed by atoms with Gasteiger partial charge in [0.2, 0.25) is 0 Å². The van der Waals surface area contributed by atoms with Gasteiger partial charge in [-0.15, -0.1) is 0 Å². The molecule has 2 rings (SSSR count). The SMILES string of the molecule is CC(O)Cc1cc2c(cc1N)CCN2. The molecule has 0 bridgehead atoms. The molecule has 0 fully saturated rings. The molecular weight excluding hydrogens is 176 g/mol. The molecule has 0 saturated carbocycles. The Morgan fingerprint density at radius 2 is 2.36 bits per heavy atom. The number of nitrogens with two attached hydrogens (primary N) is 1. The van der Waals surface area contributed by atoms with E-state index in [4.69, 9.17) is 5.73 Å². The zero-order valence-corrected chi connectivity index (χ0v) is 8.38. The van der Waals surface area contributed by atoms with E-state index in [-0.39, 0.29) is 6.10 Å². The summed E-state index contributed by atoms with van der Waals surface area (Å²) in [6.45, 7) is 2.77. The number of benzene rings is 1. The number of hydrogen-bond donors (Lipinski definition) is 3. The summed E-state index contributed by atoms with van der Waals surface area (Å²) in [7, 11) is 0. The van der Waals surface area contributed by atoms with Crippen molar-refractivity contribution in [1.82, 2.24) is 0 Å². The molecule has 0 radical (unpaired) electrons. The van der Waals surface area contributed by atoms with Gasteiger partial charge in [0.05, 0.1) is 6.10 Å². The molecule has 76 valence electrons. The van der Waals surface area contributed by atoms with Gasteiger partial charge < -0.3 is 16.2 Å². The summed E-state index contributed by atoms with van der Waals surface area (Å²) in [5.41, 5.74) is 10.2. The Kier molecular flexibility index (Phi) is 2.33. The van der Waals surface area contributed by atoms with Gasteiger partial charge in [-0.25, -0.2) is 0 Å². The Bertz CT molecular complexity index is 347. The van der Waals surface area contributed by atoms with Crippen molar-refractivity contribution in [2.24, 2.45) is 0 Å². The Labute approximate surface area is 83.9 Å². The monoisotopic (exact) mass is 192 g/mol. The minimum Gasteiger partial charge on any atom is -0.398 e. The lowest BCUT2D eigenvalue weighted by atomic mass is 10.0. The highest BCUT2D eigenvalue weighted by Gasteiger charge is 2.13. The average Bonchev–Trinajstić information content (AvgIpc) is 2.51. The van der Waals surface area contributed by atoms with Gasteiger partial charge in [-0.1, -0.05) is 0 Å². The summed E-state index contributed by atoms with van der Waals surface area (Å²) in [6.07, 6.45) is 1.34. The molecule has 1 aromatic carbocycles. The minimum absolute atomic E-state index is 0.336. The Morgan fingerprint density at radius 3 is 3.07 bits per heavy atom. The maximum Gasteiger partial charge on any atom is 0.0553 e. The summed E-state index contributed by atoms with van der Waals surface area (Å²) in [5, 5.41) is 12.6. The van der Waals surface area contributed by atoms with Crippen LogP contribution in [-0.2, 0) is 12.8 Å². The van der Waals surface area contributed by atoms with Gasteiger partial charge in [0.15, 0.2) is 0 Å². The highest BCUT2D eigenvalue weighted by Crippen LogP contribution is 2.28. The first-order chi connectivity index (χ1) is 6.66. The molecule has 1 aromatic rings. The van der Waals surface area contributed by atoms with E-state index in [9.17, 15) is 5.11 Å². The fourth-order valence-electron chi connectivity index (χ4n) is 1.91. The van der Waals surface area contributed by atoms with E-state index < -0.39 is 0 Å². The largest absolute Gasteiger partial charge is 0.398 e. The molecule has 1 atom stereocenters. The Hall–Kier alpha value is -1.22. The smallest absolute Gasteiger partial charge is 0.0553 e. The maximum atomic E-state index is 9.30. The molecule has 0 spiro atoms. The van der Waals surface area contributed by atoms with Crippen molar-refractivity contribution in [3.8, 4) is 0 Å². The summed E-state index contributed by atoms with van der Waals surface area (Å²) >= 11 is 0. The van der Waals surface area contributed by atoms with E-state index in [2.05, 4.69) is 11.4 Å². The topological polar surface area (TPSA) is 58.3 Å². The molecule has 1 aliphatic heterocycles. The van der Waals surface area contributed by atoms with E-state index in [0.717, 1.165) is 24.2 Å². The van der Waals surface area contributed by atoms with Crippen LogP contribution in [0.25, 0.3) is 0 Å². The van der Waals surface area contributed by atoms with Crippen LogP contribution in [0.15, 0.2) is 12.1 Å². The van der Waals surface area contributed by atoms with Crippen LogP contribution in [0.1, 0.15) is 18.1 Å². The molecule has 3 heteroatoms. The molecule has 1 heterocycles. The van der Waals surface area contributed by atoms with Crippen LogP contribution in [0.3, 0.4) is 0 Å². The molecule has 0 aliphatic carbocycles. The van der Waals surface area contributed by atoms with E-state index in [1.54, 1.807) is 6.92 Å². The number of nitrogen functional groups attached to an aromatic ring is 1. The van der Waals surface area contributed by atoms with E-state index in [1.165, 1.54) is 11.3 Å². The number of fused-ring (bicyclic) bond motifs is 1. The van der Waals surface area contributed by atoms with Crippen molar-refractivity contribution >= 4 is 11.4 Å². The minimum atomic E-state index is -0.336. The third kappa shape index (κ3) is 1.68. The number of aliphatic hydroxyl groups excluding tert-OH is 1. The Morgan fingerprint density at radius 1 is 1.57 bits per heavy atom. The average molecular weight is 192 g/mol. The fourth-order valence-corrected chi connectivity index (χ4v) is 1.91. The fraction of sp³-hybridized carbons (Fsp3) is 0.455. The first-order valence-corrected chi connectivity index (χ1v) is 5.00. The third-order valence-electron chi connectivity index (χ3n) is 2.59. The number of aliphatic hydroxyl groups is 1. The standard InChI is InChI=1S/C11H16N2O/c1-7(14)4-9-6-11-8(2-3-13-11)5-10(9)12/h5-7,13-14H,2-4,12H2,1H3. The zero-order valence-electron chi connectivity index (χ0n) is 8.38. The van der Waals surface area contributed by atoms with Crippen LogP contribution in [0.4, 0.5) is 11.4 Å². The number of rotatable bonds is 2. The predicted molar refractivity (Wildman–Crippen MR) is 58.4 cm³/mol. The highest BCUT2D eigenvalue weighted by atomic mass is 16.3. The highest BCUT2D eigenvalue weighted by molar-refractivity contribution is 5.65. The summed E-state index contributed by atoms with van der Waals surface area (Å²) in [4.78, 5) is 0. The molecule has 1 aliphatic rings. The van der Waals surface area contributed by atoms with Gasteiger partial charge in [0, 0.05) is 24.3 Å². The zero-order chi connectivity index (χ0) is 10.1. The van der Waals surface area contributed by atoms with Crippen LogP contribution in [-0.4, -0.2) is 17.8 Å². The van der Waals surface area contributed by atoms with Crippen LogP contribution >= 0.6 is 0 Å². The normalized spacial score (nSPS) is 16.1. The van der Waals surface area contributed by atoms with Crippen molar-refractivity contribution in [3.05, 3.63) is 23.3 Å². The molecule has 14 heavy (non-hydrogen) atoms. The van der Waals surface area contributed by atoms with Crippen molar-refractivity contribution in [1.29, 1.82) is 0 Å². The second-order valence-electron chi connectivity index (χ2n) is 3.94. The van der Waals surface area contributed by atoms with E-state index >= 15 is 0 Å². The Balaban J connectivity index is 2.32. The first kappa shape index (κ1) is 9.34. The summed E-state index contributed by atoms with van der Waals surface area (Å²) < 4.78 is 0. The van der Waals surface area contributed by atoms with Gasteiger partial charge in [0.1, 0.15) is 0 Å². The van der Waals surface area contributed by atoms with E-state index in [1.807, 2.05) is 6.07 Å².